The van der Waals surface area contributed by atoms with Crippen LogP contribution in [0.15, 0.2) is 24.3 Å². The van der Waals surface area contributed by atoms with E-state index in [0.717, 1.165) is 24.8 Å². The van der Waals surface area contributed by atoms with Crippen molar-refractivity contribution in [1.29, 1.82) is 0 Å². The molecule has 5 heteroatoms. The zero-order chi connectivity index (χ0) is 16.7. The summed E-state index contributed by atoms with van der Waals surface area (Å²) in [5.41, 5.74) is 3.82. The van der Waals surface area contributed by atoms with Gasteiger partial charge in [-0.25, -0.2) is 4.79 Å². The van der Waals surface area contributed by atoms with Gasteiger partial charge in [0.2, 0.25) is 0 Å². The van der Waals surface area contributed by atoms with Crippen LogP contribution in [0.1, 0.15) is 44.1 Å². The molecule has 0 spiro atoms. The van der Waals surface area contributed by atoms with Gasteiger partial charge in [-0.15, -0.1) is 0 Å². The van der Waals surface area contributed by atoms with Crippen LogP contribution in [-0.4, -0.2) is 12.0 Å². The maximum absolute atomic E-state index is 12.7. The van der Waals surface area contributed by atoms with Crippen LogP contribution in [-0.2, 0) is 9.63 Å². The predicted molar refractivity (Wildman–Crippen MR) is 90.0 cm³/mol. The first kappa shape index (κ1) is 15.5. The maximum atomic E-state index is 12.7. The van der Waals surface area contributed by atoms with Crippen molar-refractivity contribution in [3.8, 4) is 0 Å². The summed E-state index contributed by atoms with van der Waals surface area (Å²) in [4.78, 5) is 29.6. The quantitative estimate of drug-likeness (QED) is 0.812. The number of hydrogen-bond donors (Lipinski definition) is 2. The normalized spacial score (nSPS) is 33.1. The molecule has 0 saturated heterocycles. The lowest BCUT2D eigenvalue weighted by Gasteiger charge is -2.55. The maximum Gasteiger partial charge on any atom is 0.436 e. The van der Waals surface area contributed by atoms with Crippen molar-refractivity contribution in [2.45, 2.75) is 45.4 Å². The Balaban J connectivity index is 1.34. The van der Waals surface area contributed by atoms with E-state index in [1.54, 1.807) is 6.07 Å². The Hall–Kier alpha value is -2.04. The minimum absolute atomic E-state index is 0.110. The van der Waals surface area contributed by atoms with Crippen LogP contribution in [0.2, 0.25) is 0 Å². The van der Waals surface area contributed by atoms with E-state index in [0.29, 0.717) is 23.4 Å². The van der Waals surface area contributed by atoms with Crippen molar-refractivity contribution in [3.63, 3.8) is 0 Å². The standard InChI is InChI=1S/C19H24N2O3/c1-12-3-2-4-16(5-12)20-18(23)24-21-17(22)19-9-13-6-14(10-19)8-15(7-13)11-19/h2-5,13-15H,6-11H2,1H3,(H,20,23)(H,21,22). The first-order valence-corrected chi connectivity index (χ1v) is 8.87. The van der Waals surface area contributed by atoms with Crippen LogP contribution < -0.4 is 10.8 Å². The molecule has 128 valence electrons. The van der Waals surface area contributed by atoms with E-state index in [1.165, 1.54) is 19.3 Å². The number of hydrogen-bond acceptors (Lipinski definition) is 3. The molecule has 4 aliphatic rings. The van der Waals surface area contributed by atoms with Gasteiger partial charge in [0.05, 0.1) is 5.41 Å². The number of benzene rings is 1. The number of hydroxylamine groups is 1. The van der Waals surface area contributed by atoms with Crippen molar-refractivity contribution < 1.29 is 14.4 Å². The second-order valence-corrected chi connectivity index (χ2v) is 8.01. The highest BCUT2D eigenvalue weighted by molar-refractivity contribution is 5.87. The smallest absolute Gasteiger partial charge is 0.321 e. The third-order valence-electron chi connectivity index (χ3n) is 6.02. The summed E-state index contributed by atoms with van der Waals surface area (Å²) < 4.78 is 0. The molecule has 4 bridgehead atoms. The summed E-state index contributed by atoms with van der Waals surface area (Å²) in [6, 6.07) is 7.45. The highest BCUT2D eigenvalue weighted by atomic mass is 16.7. The fraction of sp³-hybridized carbons (Fsp3) is 0.579. The monoisotopic (exact) mass is 328 g/mol. The average Bonchev–Trinajstić information content (AvgIpc) is 2.51. The number of anilines is 1. The topological polar surface area (TPSA) is 67.4 Å². The van der Waals surface area contributed by atoms with Gasteiger partial charge in [0.15, 0.2) is 0 Å². The minimum Gasteiger partial charge on any atom is -0.321 e. The van der Waals surface area contributed by atoms with Crippen molar-refractivity contribution >= 4 is 17.7 Å². The van der Waals surface area contributed by atoms with E-state index in [2.05, 4.69) is 10.8 Å². The molecule has 4 aliphatic carbocycles. The van der Waals surface area contributed by atoms with E-state index >= 15 is 0 Å². The van der Waals surface area contributed by atoms with Crippen LogP contribution in [0.4, 0.5) is 10.5 Å². The van der Waals surface area contributed by atoms with Gasteiger partial charge in [-0.1, -0.05) is 12.1 Å². The predicted octanol–water partition coefficient (Wildman–Crippen LogP) is 3.79. The van der Waals surface area contributed by atoms with Crippen LogP contribution in [0.3, 0.4) is 0 Å². The van der Waals surface area contributed by atoms with Crippen molar-refractivity contribution in [1.82, 2.24) is 5.48 Å². The molecule has 24 heavy (non-hydrogen) atoms. The Morgan fingerprint density at radius 1 is 1.08 bits per heavy atom. The number of nitrogens with one attached hydrogen (secondary N) is 2. The molecule has 2 amide bonds. The van der Waals surface area contributed by atoms with Crippen LogP contribution >= 0.6 is 0 Å². The van der Waals surface area contributed by atoms with E-state index in [-0.39, 0.29) is 11.3 Å². The Kier molecular flexibility index (Phi) is 3.74. The van der Waals surface area contributed by atoms with Gasteiger partial charge in [-0.3, -0.25) is 10.1 Å². The molecule has 0 unspecified atom stereocenters. The fourth-order valence-corrected chi connectivity index (χ4v) is 5.46. The molecule has 0 radical (unpaired) electrons. The SMILES string of the molecule is Cc1cccc(NC(=O)ONC(=O)C23CC4CC(CC(C4)C2)C3)c1. The van der Waals surface area contributed by atoms with Gasteiger partial charge in [-0.05, 0) is 80.9 Å². The van der Waals surface area contributed by atoms with Gasteiger partial charge in [0, 0.05) is 5.69 Å². The summed E-state index contributed by atoms with van der Waals surface area (Å²) >= 11 is 0. The molecule has 5 rings (SSSR count). The van der Waals surface area contributed by atoms with Gasteiger partial charge in [0.25, 0.3) is 5.91 Å². The molecular weight excluding hydrogens is 304 g/mol. The summed E-state index contributed by atoms with van der Waals surface area (Å²) in [5, 5.41) is 2.64. The van der Waals surface area contributed by atoms with Crippen molar-refractivity contribution in [2.24, 2.45) is 23.2 Å². The molecule has 4 fully saturated rings. The first-order valence-electron chi connectivity index (χ1n) is 8.87. The number of amides is 2. The third kappa shape index (κ3) is 2.87. The van der Waals surface area contributed by atoms with Gasteiger partial charge < -0.3 is 4.84 Å². The summed E-state index contributed by atoms with van der Waals surface area (Å²) in [6.07, 6.45) is 6.04. The van der Waals surface area contributed by atoms with E-state index < -0.39 is 6.09 Å². The first-order chi connectivity index (χ1) is 11.5. The second kappa shape index (κ2) is 5.80. The third-order valence-corrected chi connectivity index (χ3v) is 6.02. The highest BCUT2D eigenvalue weighted by Gasteiger charge is 2.54. The Labute approximate surface area is 142 Å². The molecule has 4 saturated carbocycles. The number of carbonyl (C=O) groups is 2. The number of aryl methyl sites for hydroxylation is 1. The molecule has 5 nitrogen and oxygen atoms in total. The lowest BCUT2D eigenvalue weighted by atomic mass is 9.49. The molecule has 1 aromatic rings. The fourth-order valence-electron chi connectivity index (χ4n) is 5.46. The molecule has 0 atom stereocenters. The second-order valence-electron chi connectivity index (χ2n) is 8.01. The minimum atomic E-state index is -0.654. The van der Waals surface area contributed by atoms with E-state index in [1.807, 2.05) is 25.1 Å². The summed E-state index contributed by atoms with van der Waals surface area (Å²) in [5.74, 6) is 1.94. The Bertz CT molecular complexity index is 635. The zero-order valence-corrected chi connectivity index (χ0v) is 14.0. The Morgan fingerprint density at radius 3 is 2.29 bits per heavy atom. The largest absolute Gasteiger partial charge is 0.436 e. The number of carbonyl (C=O) groups excluding carboxylic acids is 2. The van der Waals surface area contributed by atoms with Gasteiger partial charge in [-0.2, -0.15) is 5.48 Å². The molecule has 0 aromatic heterocycles. The van der Waals surface area contributed by atoms with Crippen molar-refractivity contribution in [3.05, 3.63) is 29.8 Å². The molecule has 0 aliphatic heterocycles. The van der Waals surface area contributed by atoms with Gasteiger partial charge in [0.1, 0.15) is 0 Å². The molecule has 0 heterocycles. The average molecular weight is 328 g/mol. The van der Waals surface area contributed by atoms with Gasteiger partial charge >= 0.3 is 6.09 Å². The molecule has 1 aromatic carbocycles. The summed E-state index contributed by atoms with van der Waals surface area (Å²) in [7, 11) is 0. The lowest BCUT2D eigenvalue weighted by molar-refractivity contribution is -0.154. The zero-order valence-electron chi connectivity index (χ0n) is 14.0. The van der Waals surface area contributed by atoms with E-state index in [9.17, 15) is 9.59 Å². The molecule has 2 N–H and O–H groups in total. The molecular formula is C19H24N2O3. The van der Waals surface area contributed by atoms with E-state index in [4.69, 9.17) is 4.84 Å². The Morgan fingerprint density at radius 2 is 1.71 bits per heavy atom. The summed E-state index contributed by atoms with van der Waals surface area (Å²) in [6.45, 7) is 1.95. The highest BCUT2D eigenvalue weighted by Crippen LogP contribution is 2.60. The number of rotatable bonds is 2. The van der Waals surface area contributed by atoms with Crippen molar-refractivity contribution in [2.75, 3.05) is 5.32 Å². The lowest BCUT2D eigenvalue weighted by Crippen LogP contribution is -2.53. The van der Waals surface area contributed by atoms with Crippen LogP contribution in [0.25, 0.3) is 0 Å². The van der Waals surface area contributed by atoms with Crippen LogP contribution in [0.5, 0.6) is 0 Å². The van der Waals surface area contributed by atoms with Crippen LogP contribution in [0, 0.1) is 30.1 Å².